The summed E-state index contributed by atoms with van der Waals surface area (Å²) >= 11 is 0. The number of nitrogen functional groups attached to an aromatic ring is 1. The number of aromatic nitrogens is 2. The zero-order valence-electron chi connectivity index (χ0n) is 11.6. The van der Waals surface area contributed by atoms with Gasteiger partial charge in [0.25, 0.3) is 0 Å². The minimum absolute atomic E-state index is 0.578. The predicted molar refractivity (Wildman–Crippen MR) is 81.7 cm³/mol. The minimum Gasteiger partial charge on any atom is -0.493 e. The molecule has 0 aliphatic rings. The average Bonchev–Trinajstić information content (AvgIpc) is 2.96. The average molecular weight is 283 g/mol. The Morgan fingerprint density at radius 3 is 2.86 bits per heavy atom. The van der Waals surface area contributed by atoms with Gasteiger partial charge in [0, 0.05) is 36.8 Å². The summed E-state index contributed by atoms with van der Waals surface area (Å²) in [6, 6.07) is 11.3. The van der Waals surface area contributed by atoms with Gasteiger partial charge in [-0.2, -0.15) is 0 Å². The van der Waals surface area contributed by atoms with Crippen LogP contribution in [0.4, 0.5) is 5.69 Å². The number of rotatable bonds is 6. The molecule has 0 amide bonds. The van der Waals surface area contributed by atoms with Crippen molar-refractivity contribution in [2.45, 2.75) is 6.42 Å². The number of fused-ring (bicyclic) bond motifs is 1. The molecular formula is C16H17N3O2. The molecule has 3 rings (SSSR count). The van der Waals surface area contributed by atoms with Crippen LogP contribution in [-0.2, 0) is 0 Å². The van der Waals surface area contributed by atoms with E-state index in [9.17, 15) is 0 Å². The van der Waals surface area contributed by atoms with Gasteiger partial charge < -0.3 is 19.6 Å². The van der Waals surface area contributed by atoms with Gasteiger partial charge in [0.15, 0.2) is 11.4 Å². The van der Waals surface area contributed by atoms with Gasteiger partial charge in [0.2, 0.25) is 0 Å². The van der Waals surface area contributed by atoms with Crippen molar-refractivity contribution >= 4 is 11.3 Å². The van der Waals surface area contributed by atoms with Crippen molar-refractivity contribution in [2.24, 2.45) is 0 Å². The molecule has 1 aromatic carbocycles. The van der Waals surface area contributed by atoms with Crippen LogP contribution >= 0.6 is 0 Å². The number of hydrogen-bond acceptors (Lipinski definition) is 4. The van der Waals surface area contributed by atoms with Gasteiger partial charge in [-0.1, -0.05) is 6.07 Å². The van der Waals surface area contributed by atoms with Crippen molar-refractivity contribution in [1.82, 2.24) is 9.38 Å². The molecule has 2 N–H and O–H groups in total. The van der Waals surface area contributed by atoms with Gasteiger partial charge >= 0.3 is 0 Å². The van der Waals surface area contributed by atoms with Crippen molar-refractivity contribution < 1.29 is 9.47 Å². The van der Waals surface area contributed by atoms with E-state index in [0.717, 1.165) is 23.6 Å². The molecule has 21 heavy (non-hydrogen) atoms. The quantitative estimate of drug-likeness (QED) is 0.558. The van der Waals surface area contributed by atoms with E-state index in [0.29, 0.717) is 18.9 Å². The van der Waals surface area contributed by atoms with Gasteiger partial charge in [0.1, 0.15) is 5.75 Å². The Morgan fingerprint density at radius 2 is 1.95 bits per heavy atom. The van der Waals surface area contributed by atoms with Crippen molar-refractivity contribution in [3.8, 4) is 11.5 Å². The first-order valence-electron chi connectivity index (χ1n) is 6.86. The largest absolute Gasteiger partial charge is 0.493 e. The highest BCUT2D eigenvalue weighted by Crippen LogP contribution is 2.18. The highest BCUT2D eigenvalue weighted by atomic mass is 16.5. The molecule has 0 saturated heterocycles. The van der Waals surface area contributed by atoms with E-state index in [1.807, 2.05) is 53.2 Å². The van der Waals surface area contributed by atoms with Gasteiger partial charge in [-0.15, -0.1) is 0 Å². The van der Waals surface area contributed by atoms with Gasteiger partial charge in [-0.05, 0) is 24.3 Å². The number of imidazole rings is 1. The Labute approximate surface area is 122 Å². The van der Waals surface area contributed by atoms with Gasteiger partial charge in [0.05, 0.1) is 13.2 Å². The fraction of sp³-hybridized carbons (Fsp3) is 0.188. The number of anilines is 1. The molecule has 0 saturated carbocycles. The normalized spacial score (nSPS) is 10.7. The number of benzene rings is 1. The Hall–Kier alpha value is -2.69. The molecule has 108 valence electrons. The maximum atomic E-state index is 5.75. The number of ether oxygens (including phenoxy) is 2. The molecule has 3 aromatic rings. The fourth-order valence-corrected chi connectivity index (χ4v) is 2.07. The summed E-state index contributed by atoms with van der Waals surface area (Å²) in [5.41, 5.74) is 7.23. The third-order valence-electron chi connectivity index (χ3n) is 3.06. The summed E-state index contributed by atoms with van der Waals surface area (Å²) in [6.45, 7) is 1.16. The summed E-state index contributed by atoms with van der Waals surface area (Å²) in [4.78, 5) is 4.27. The molecule has 0 atom stereocenters. The van der Waals surface area contributed by atoms with E-state index >= 15 is 0 Å². The number of pyridine rings is 1. The first kappa shape index (κ1) is 13.3. The van der Waals surface area contributed by atoms with E-state index < -0.39 is 0 Å². The topological polar surface area (TPSA) is 61.8 Å². The molecule has 0 spiro atoms. The fourth-order valence-electron chi connectivity index (χ4n) is 2.07. The lowest BCUT2D eigenvalue weighted by atomic mass is 10.3. The summed E-state index contributed by atoms with van der Waals surface area (Å²) in [5.74, 6) is 1.57. The second-order valence-corrected chi connectivity index (χ2v) is 4.65. The van der Waals surface area contributed by atoms with E-state index in [4.69, 9.17) is 15.2 Å². The molecule has 5 nitrogen and oxygen atoms in total. The van der Waals surface area contributed by atoms with E-state index in [1.54, 1.807) is 6.20 Å². The van der Waals surface area contributed by atoms with Crippen LogP contribution < -0.4 is 15.2 Å². The molecule has 2 aromatic heterocycles. The molecule has 0 bridgehead atoms. The minimum atomic E-state index is 0.578. The lowest BCUT2D eigenvalue weighted by Gasteiger charge is -2.09. The molecule has 0 aliphatic heterocycles. The molecule has 2 heterocycles. The van der Waals surface area contributed by atoms with E-state index in [2.05, 4.69) is 4.98 Å². The zero-order chi connectivity index (χ0) is 14.5. The Bertz CT molecular complexity index is 724. The molecule has 0 fully saturated rings. The third kappa shape index (κ3) is 3.25. The number of hydrogen-bond donors (Lipinski definition) is 1. The number of nitrogens with two attached hydrogens (primary N) is 1. The van der Waals surface area contributed by atoms with E-state index in [-0.39, 0.29) is 0 Å². The zero-order valence-corrected chi connectivity index (χ0v) is 11.6. The monoisotopic (exact) mass is 283 g/mol. The highest BCUT2D eigenvalue weighted by molar-refractivity contribution is 5.53. The first-order valence-corrected chi connectivity index (χ1v) is 6.86. The SMILES string of the molecule is Nc1cccc(OCCCOc2cccn3ccnc23)c1. The van der Waals surface area contributed by atoms with Crippen LogP contribution in [0.2, 0.25) is 0 Å². The molecular weight excluding hydrogens is 266 g/mol. The molecule has 5 heteroatoms. The number of nitrogens with zero attached hydrogens (tertiary/aromatic N) is 2. The van der Waals surface area contributed by atoms with Crippen molar-refractivity contribution in [2.75, 3.05) is 18.9 Å². The van der Waals surface area contributed by atoms with Crippen LogP contribution in [0.5, 0.6) is 11.5 Å². The summed E-state index contributed by atoms with van der Waals surface area (Å²) in [6.07, 6.45) is 6.38. The van der Waals surface area contributed by atoms with Crippen LogP contribution in [0.15, 0.2) is 55.0 Å². The van der Waals surface area contributed by atoms with E-state index in [1.165, 1.54) is 0 Å². The summed E-state index contributed by atoms with van der Waals surface area (Å²) < 4.78 is 13.3. The third-order valence-corrected chi connectivity index (χ3v) is 3.06. The summed E-state index contributed by atoms with van der Waals surface area (Å²) in [5, 5.41) is 0. The van der Waals surface area contributed by atoms with Crippen molar-refractivity contribution in [1.29, 1.82) is 0 Å². The predicted octanol–water partition coefficient (Wildman–Crippen LogP) is 2.76. The highest BCUT2D eigenvalue weighted by Gasteiger charge is 2.02. The standard InChI is InChI=1S/C16H17N3O2/c17-13-4-1-5-14(12-13)20-10-3-11-21-15-6-2-8-19-9-7-18-16(15)19/h1-2,4-9,12H,3,10-11,17H2. The maximum absolute atomic E-state index is 5.75. The lowest BCUT2D eigenvalue weighted by molar-refractivity contribution is 0.248. The first-order chi connectivity index (χ1) is 10.3. The Morgan fingerprint density at radius 1 is 1.05 bits per heavy atom. The molecule has 0 aliphatic carbocycles. The summed E-state index contributed by atoms with van der Waals surface area (Å²) in [7, 11) is 0. The van der Waals surface area contributed by atoms with Crippen LogP contribution in [0.1, 0.15) is 6.42 Å². The van der Waals surface area contributed by atoms with Gasteiger partial charge in [-0.3, -0.25) is 0 Å². The van der Waals surface area contributed by atoms with Crippen LogP contribution in [0.3, 0.4) is 0 Å². The lowest BCUT2D eigenvalue weighted by Crippen LogP contribution is -2.05. The molecule has 0 unspecified atom stereocenters. The molecule has 0 radical (unpaired) electrons. The van der Waals surface area contributed by atoms with Crippen molar-refractivity contribution in [3.63, 3.8) is 0 Å². The van der Waals surface area contributed by atoms with Crippen LogP contribution in [0.25, 0.3) is 5.65 Å². The Kier molecular flexibility index (Phi) is 3.91. The maximum Gasteiger partial charge on any atom is 0.179 e. The van der Waals surface area contributed by atoms with Crippen molar-refractivity contribution in [3.05, 3.63) is 55.0 Å². The smallest absolute Gasteiger partial charge is 0.179 e. The second-order valence-electron chi connectivity index (χ2n) is 4.65. The second kappa shape index (κ2) is 6.17. The Balaban J connectivity index is 1.47. The van der Waals surface area contributed by atoms with Crippen LogP contribution in [-0.4, -0.2) is 22.6 Å². The van der Waals surface area contributed by atoms with Crippen LogP contribution in [0, 0.1) is 0 Å². The van der Waals surface area contributed by atoms with Gasteiger partial charge in [-0.25, -0.2) is 4.98 Å².